The van der Waals surface area contributed by atoms with Gasteiger partial charge in [0.05, 0.1) is 13.0 Å². The zero-order valence-electron chi connectivity index (χ0n) is 17.5. The lowest BCUT2D eigenvalue weighted by Gasteiger charge is -2.36. The predicted octanol–water partition coefficient (Wildman–Crippen LogP) is 4.45. The van der Waals surface area contributed by atoms with Crippen LogP contribution in [0.3, 0.4) is 0 Å². The normalized spacial score (nSPS) is 22.5. The molecule has 0 radical (unpaired) electrons. The number of carbonyl (C=O) groups excluding carboxylic acids is 2. The van der Waals surface area contributed by atoms with Gasteiger partial charge in [0.15, 0.2) is 0 Å². The van der Waals surface area contributed by atoms with Gasteiger partial charge < -0.3 is 18.9 Å². The molecular weight excluding hydrogens is 415 g/mol. The van der Waals surface area contributed by atoms with Crippen molar-refractivity contribution in [3.63, 3.8) is 0 Å². The molecule has 3 unspecified atom stereocenters. The van der Waals surface area contributed by atoms with Gasteiger partial charge in [0.25, 0.3) is 0 Å². The third kappa shape index (κ3) is 5.17. The minimum absolute atomic E-state index is 0.113. The highest BCUT2D eigenvalue weighted by Gasteiger charge is 2.42. The van der Waals surface area contributed by atoms with Crippen LogP contribution in [0.1, 0.15) is 24.8 Å². The molecule has 6 nitrogen and oxygen atoms in total. The first-order chi connectivity index (χ1) is 15.5. The van der Waals surface area contributed by atoms with Crippen LogP contribution in [-0.4, -0.2) is 31.1 Å². The molecule has 2 aliphatic rings. The maximum atomic E-state index is 13.0. The Morgan fingerprint density at radius 2 is 1.78 bits per heavy atom. The minimum Gasteiger partial charge on any atom is -0.497 e. The summed E-state index contributed by atoms with van der Waals surface area (Å²) < 4.78 is 35.0. The molecule has 0 aromatic heterocycles. The number of rotatable bonds is 6. The highest BCUT2D eigenvalue weighted by atomic mass is 19.1. The second kappa shape index (κ2) is 9.68. The Bertz CT molecular complexity index is 1030. The molecule has 1 aliphatic heterocycles. The average molecular weight is 438 g/mol. The number of ether oxygens (including phenoxy) is 4. The smallest absolute Gasteiger partial charge is 0.331 e. The Kier molecular flexibility index (Phi) is 6.54. The van der Waals surface area contributed by atoms with E-state index in [-0.39, 0.29) is 35.5 Å². The molecular formula is C25H23FO6. The topological polar surface area (TPSA) is 71.1 Å². The number of carbonyl (C=O) groups is 2. The molecule has 32 heavy (non-hydrogen) atoms. The van der Waals surface area contributed by atoms with Crippen molar-refractivity contribution in [2.45, 2.75) is 31.5 Å². The molecule has 0 spiro atoms. The number of methoxy groups -OCH3 is 1. The van der Waals surface area contributed by atoms with Gasteiger partial charge in [-0.15, -0.1) is 0 Å². The van der Waals surface area contributed by atoms with Crippen LogP contribution < -0.4 is 9.47 Å². The molecule has 0 amide bonds. The van der Waals surface area contributed by atoms with Gasteiger partial charge in [-0.2, -0.15) is 0 Å². The molecule has 2 aromatic rings. The van der Waals surface area contributed by atoms with E-state index in [9.17, 15) is 14.0 Å². The van der Waals surface area contributed by atoms with Crippen molar-refractivity contribution in [2.75, 3.05) is 7.11 Å². The Labute approximate surface area is 185 Å². The van der Waals surface area contributed by atoms with Gasteiger partial charge in [0, 0.05) is 12.5 Å². The first-order valence-electron chi connectivity index (χ1n) is 10.4. The number of fused-ring (bicyclic) bond motifs is 1. The monoisotopic (exact) mass is 438 g/mol. The van der Waals surface area contributed by atoms with E-state index in [1.807, 2.05) is 0 Å². The molecule has 0 bridgehead atoms. The zero-order valence-corrected chi connectivity index (χ0v) is 17.5. The van der Waals surface area contributed by atoms with Crippen molar-refractivity contribution in [3.8, 4) is 11.5 Å². The van der Waals surface area contributed by atoms with Crippen LogP contribution in [-0.2, 0) is 19.1 Å². The van der Waals surface area contributed by atoms with E-state index in [2.05, 4.69) is 0 Å². The Hall–Kier alpha value is -3.61. The van der Waals surface area contributed by atoms with E-state index in [4.69, 9.17) is 18.9 Å². The molecule has 1 fully saturated rings. The van der Waals surface area contributed by atoms with Crippen LogP contribution in [0.25, 0.3) is 6.08 Å². The summed E-state index contributed by atoms with van der Waals surface area (Å²) in [5, 5.41) is 0. The predicted molar refractivity (Wildman–Crippen MR) is 114 cm³/mol. The lowest BCUT2D eigenvalue weighted by Crippen LogP contribution is -2.42. The van der Waals surface area contributed by atoms with E-state index in [0.29, 0.717) is 36.3 Å². The highest BCUT2D eigenvalue weighted by molar-refractivity contribution is 5.96. The first kappa shape index (κ1) is 21.6. The van der Waals surface area contributed by atoms with E-state index in [1.54, 1.807) is 49.6 Å². The number of hydrogen-bond acceptors (Lipinski definition) is 6. The average Bonchev–Trinajstić information content (AvgIpc) is 2.81. The third-order valence-corrected chi connectivity index (χ3v) is 5.53. The van der Waals surface area contributed by atoms with Crippen molar-refractivity contribution < 1.29 is 32.9 Å². The van der Waals surface area contributed by atoms with E-state index in [1.165, 1.54) is 24.5 Å². The van der Waals surface area contributed by atoms with E-state index < -0.39 is 5.97 Å². The van der Waals surface area contributed by atoms with Crippen LogP contribution in [0, 0.1) is 11.7 Å². The number of hydrogen-bond donors (Lipinski definition) is 0. The summed E-state index contributed by atoms with van der Waals surface area (Å²) in [7, 11) is 1.58. The maximum Gasteiger partial charge on any atom is 0.331 e. The second-order valence-electron chi connectivity index (χ2n) is 7.66. The summed E-state index contributed by atoms with van der Waals surface area (Å²) in [6.45, 7) is 0. The van der Waals surface area contributed by atoms with Gasteiger partial charge in [-0.25, -0.2) is 9.18 Å². The van der Waals surface area contributed by atoms with Gasteiger partial charge in [-0.3, -0.25) is 4.79 Å². The SMILES string of the molecule is COc1ccc(OC2=COC3CC(OC(=O)/C=C/c4ccc(F)cc4)CCC3C2=O)cc1. The summed E-state index contributed by atoms with van der Waals surface area (Å²) in [5.74, 6) is 0.0974. The van der Waals surface area contributed by atoms with Gasteiger partial charge in [-0.05, 0) is 60.9 Å². The fraction of sp³-hybridized carbons (Fsp3) is 0.280. The van der Waals surface area contributed by atoms with Crippen LogP contribution in [0.4, 0.5) is 4.39 Å². The molecule has 1 heterocycles. The highest BCUT2D eigenvalue weighted by Crippen LogP contribution is 2.35. The molecule has 2 aromatic carbocycles. The van der Waals surface area contributed by atoms with Crippen molar-refractivity contribution in [1.82, 2.24) is 0 Å². The Morgan fingerprint density at radius 3 is 2.50 bits per heavy atom. The van der Waals surface area contributed by atoms with Crippen LogP contribution >= 0.6 is 0 Å². The molecule has 0 saturated heterocycles. The Morgan fingerprint density at radius 1 is 1.06 bits per heavy atom. The number of halogens is 1. The number of allylic oxidation sites excluding steroid dienone is 1. The van der Waals surface area contributed by atoms with E-state index in [0.717, 1.165) is 0 Å². The summed E-state index contributed by atoms with van der Waals surface area (Å²) in [6, 6.07) is 12.7. The van der Waals surface area contributed by atoms with Crippen molar-refractivity contribution in [2.24, 2.45) is 5.92 Å². The zero-order chi connectivity index (χ0) is 22.5. The molecule has 1 aliphatic carbocycles. The van der Waals surface area contributed by atoms with Crippen molar-refractivity contribution >= 4 is 17.8 Å². The number of esters is 1. The van der Waals surface area contributed by atoms with E-state index >= 15 is 0 Å². The summed E-state index contributed by atoms with van der Waals surface area (Å²) in [6.07, 6.45) is 5.04. The molecule has 1 saturated carbocycles. The lowest BCUT2D eigenvalue weighted by molar-refractivity contribution is -0.149. The fourth-order valence-electron chi connectivity index (χ4n) is 3.83. The van der Waals surface area contributed by atoms with Gasteiger partial charge in [0.2, 0.25) is 11.5 Å². The molecule has 4 rings (SSSR count). The third-order valence-electron chi connectivity index (χ3n) is 5.53. The number of ketones is 1. The van der Waals surface area contributed by atoms with Crippen LogP contribution in [0.15, 0.2) is 66.6 Å². The molecule has 166 valence electrons. The van der Waals surface area contributed by atoms with Gasteiger partial charge in [-0.1, -0.05) is 12.1 Å². The fourth-order valence-corrected chi connectivity index (χ4v) is 3.83. The van der Waals surface area contributed by atoms with Gasteiger partial charge in [0.1, 0.15) is 35.8 Å². The largest absolute Gasteiger partial charge is 0.497 e. The van der Waals surface area contributed by atoms with Crippen LogP contribution in [0.5, 0.6) is 11.5 Å². The number of benzene rings is 2. The summed E-state index contributed by atoms with van der Waals surface area (Å²) in [4.78, 5) is 25.0. The lowest BCUT2D eigenvalue weighted by atomic mass is 9.80. The van der Waals surface area contributed by atoms with Gasteiger partial charge >= 0.3 is 5.97 Å². The Balaban J connectivity index is 1.32. The molecule has 0 N–H and O–H groups in total. The summed E-state index contributed by atoms with van der Waals surface area (Å²) >= 11 is 0. The standard InChI is InChI=1S/C25H23FO6/c1-29-18-7-9-19(10-8-18)31-23-15-30-22-14-20(11-12-21(22)25(23)28)32-24(27)13-4-16-2-5-17(26)6-3-16/h2-10,13,15,20-22H,11-12,14H2,1H3/b13-4+. The van der Waals surface area contributed by atoms with Crippen molar-refractivity contribution in [3.05, 3.63) is 78.0 Å². The first-order valence-corrected chi connectivity index (χ1v) is 10.4. The minimum atomic E-state index is -0.487. The maximum absolute atomic E-state index is 13.0. The van der Waals surface area contributed by atoms with Crippen LogP contribution in [0.2, 0.25) is 0 Å². The molecule has 3 atom stereocenters. The molecule has 7 heteroatoms. The quantitative estimate of drug-likeness (QED) is 0.490. The second-order valence-corrected chi connectivity index (χ2v) is 7.66. The van der Waals surface area contributed by atoms with Crippen molar-refractivity contribution in [1.29, 1.82) is 0 Å². The summed E-state index contributed by atoms with van der Waals surface area (Å²) in [5.41, 5.74) is 0.697. The number of Topliss-reactive ketones (excluding diaryl/α,β-unsaturated/α-hetero) is 1.